The van der Waals surface area contributed by atoms with E-state index in [0.29, 0.717) is 6.04 Å². The third-order valence-electron chi connectivity index (χ3n) is 4.61. The van der Waals surface area contributed by atoms with Crippen LogP contribution in [0.25, 0.3) is 0 Å². The molecular formula is C14H29N3O2. The summed E-state index contributed by atoms with van der Waals surface area (Å²) in [6, 6.07) is 0.455. The van der Waals surface area contributed by atoms with Gasteiger partial charge in [-0.25, -0.2) is 0 Å². The van der Waals surface area contributed by atoms with Crippen LogP contribution in [-0.4, -0.2) is 80.5 Å². The fourth-order valence-electron chi connectivity index (χ4n) is 3.42. The average molecular weight is 271 g/mol. The minimum atomic E-state index is -0.181. The molecule has 112 valence electrons. The van der Waals surface area contributed by atoms with Gasteiger partial charge in [-0.15, -0.1) is 0 Å². The number of likely N-dealkylation sites (N-methyl/N-ethyl adjacent to an activating group) is 1. The zero-order valence-electron chi connectivity index (χ0n) is 12.3. The second kappa shape index (κ2) is 6.50. The lowest BCUT2D eigenvalue weighted by molar-refractivity contribution is -0.00472. The second-order valence-corrected chi connectivity index (χ2v) is 6.55. The van der Waals surface area contributed by atoms with Gasteiger partial charge in [0.2, 0.25) is 0 Å². The Balaban J connectivity index is 1.98. The van der Waals surface area contributed by atoms with E-state index < -0.39 is 0 Å². The summed E-state index contributed by atoms with van der Waals surface area (Å²) < 4.78 is 5.47. The number of β-amino-alcohol motifs (C(OH)–C–C–N with tert-alkyl or cyclic N) is 1. The normalized spacial score (nSPS) is 32.1. The molecule has 0 spiro atoms. The van der Waals surface area contributed by atoms with Crippen LogP contribution in [0.4, 0.5) is 0 Å². The number of aliphatic hydroxyl groups excluding tert-OH is 1. The van der Waals surface area contributed by atoms with E-state index in [9.17, 15) is 5.11 Å². The fourth-order valence-corrected chi connectivity index (χ4v) is 3.42. The quantitative estimate of drug-likeness (QED) is 0.721. The van der Waals surface area contributed by atoms with Crippen LogP contribution in [0.2, 0.25) is 0 Å². The number of nitrogens with two attached hydrogens (primary N) is 1. The molecule has 5 nitrogen and oxygen atoms in total. The van der Waals surface area contributed by atoms with E-state index in [-0.39, 0.29) is 11.5 Å². The molecule has 2 aliphatic rings. The molecule has 2 unspecified atom stereocenters. The minimum Gasteiger partial charge on any atom is -0.392 e. The Labute approximate surface area is 116 Å². The van der Waals surface area contributed by atoms with Crippen molar-refractivity contribution in [3.8, 4) is 0 Å². The van der Waals surface area contributed by atoms with Gasteiger partial charge in [-0.05, 0) is 45.3 Å². The highest BCUT2D eigenvalue weighted by Crippen LogP contribution is 2.33. The van der Waals surface area contributed by atoms with E-state index in [1.165, 1.54) is 0 Å². The van der Waals surface area contributed by atoms with Crippen molar-refractivity contribution in [2.75, 3.05) is 53.5 Å². The Morgan fingerprint density at radius 3 is 2.63 bits per heavy atom. The summed E-state index contributed by atoms with van der Waals surface area (Å²) in [4.78, 5) is 4.65. The molecule has 19 heavy (non-hydrogen) atoms. The van der Waals surface area contributed by atoms with Crippen LogP contribution in [0.1, 0.15) is 19.3 Å². The molecule has 2 aliphatic heterocycles. The van der Waals surface area contributed by atoms with E-state index >= 15 is 0 Å². The second-order valence-electron chi connectivity index (χ2n) is 6.55. The van der Waals surface area contributed by atoms with Crippen molar-refractivity contribution in [2.24, 2.45) is 11.1 Å². The summed E-state index contributed by atoms with van der Waals surface area (Å²) in [6.45, 7) is 5.17. The number of aliphatic hydroxyl groups is 1. The third kappa shape index (κ3) is 3.89. The molecule has 2 heterocycles. The molecule has 0 amide bonds. The number of rotatable bonds is 5. The maximum atomic E-state index is 9.95. The van der Waals surface area contributed by atoms with E-state index in [4.69, 9.17) is 10.5 Å². The van der Waals surface area contributed by atoms with Crippen molar-refractivity contribution in [2.45, 2.75) is 31.4 Å². The van der Waals surface area contributed by atoms with Gasteiger partial charge in [-0.1, -0.05) is 0 Å². The summed E-state index contributed by atoms with van der Waals surface area (Å²) in [5.74, 6) is 0. The van der Waals surface area contributed by atoms with Crippen LogP contribution in [0.5, 0.6) is 0 Å². The molecule has 0 saturated carbocycles. The molecule has 0 bridgehead atoms. The Hall–Kier alpha value is -0.200. The van der Waals surface area contributed by atoms with Gasteiger partial charge < -0.3 is 20.5 Å². The van der Waals surface area contributed by atoms with Crippen LogP contribution < -0.4 is 5.73 Å². The van der Waals surface area contributed by atoms with Crippen LogP contribution in [0.15, 0.2) is 0 Å². The smallest absolute Gasteiger partial charge is 0.0682 e. The molecule has 2 fully saturated rings. The number of ether oxygens (including phenoxy) is 1. The highest BCUT2D eigenvalue weighted by atomic mass is 16.5. The fraction of sp³-hybridized carbons (Fsp3) is 1.00. The van der Waals surface area contributed by atoms with Gasteiger partial charge in [-0.2, -0.15) is 0 Å². The summed E-state index contributed by atoms with van der Waals surface area (Å²) in [5, 5.41) is 9.95. The molecule has 0 aromatic rings. The standard InChI is InChI=1S/C14H29N3O2/c1-16(2)8-12-7-13(18)9-17(12)11-14(10-15)3-5-19-6-4-14/h12-13,18H,3-11,15H2,1-2H3. The summed E-state index contributed by atoms with van der Waals surface area (Å²) in [5.41, 5.74) is 6.23. The number of hydrogen-bond acceptors (Lipinski definition) is 5. The Morgan fingerprint density at radius 1 is 1.37 bits per heavy atom. The monoisotopic (exact) mass is 271 g/mol. The zero-order chi connectivity index (χ0) is 13.9. The van der Waals surface area contributed by atoms with E-state index in [1.54, 1.807) is 0 Å². The molecule has 2 saturated heterocycles. The van der Waals surface area contributed by atoms with E-state index in [1.807, 2.05) is 0 Å². The van der Waals surface area contributed by atoms with Crippen molar-refractivity contribution in [1.82, 2.24) is 9.80 Å². The molecular weight excluding hydrogens is 242 g/mol. The lowest BCUT2D eigenvalue weighted by Crippen LogP contribution is -2.49. The maximum Gasteiger partial charge on any atom is 0.0682 e. The first-order chi connectivity index (χ1) is 9.04. The van der Waals surface area contributed by atoms with E-state index in [2.05, 4.69) is 23.9 Å². The van der Waals surface area contributed by atoms with E-state index in [0.717, 1.165) is 58.7 Å². The molecule has 2 rings (SSSR count). The summed E-state index contributed by atoms with van der Waals surface area (Å²) >= 11 is 0. The summed E-state index contributed by atoms with van der Waals surface area (Å²) in [6.07, 6.45) is 2.80. The van der Waals surface area contributed by atoms with Gasteiger partial charge >= 0.3 is 0 Å². The van der Waals surface area contributed by atoms with Crippen molar-refractivity contribution in [3.63, 3.8) is 0 Å². The van der Waals surface area contributed by atoms with Gasteiger partial charge in [0, 0.05) is 38.9 Å². The summed E-state index contributed by atoms with van der Waals surface area (Å²) in [7, 11) is 4.19. The predicted octanol–water partition coefficient (Wildman–Crippen LogP) is -0.261. The topological polar surface area (TPSA) is 62.0 Å². The van der Waals surface area contributed by atoms with Crippen molar-refractivity contribution in [3.05, 3.63) is 0 Å². The minimum absolute atomic E-state index is 0.181. The first-order valence-electron chi connectivity index (χ1n) is 7.39. The van der Waals surface area contributed by atoms with Crippen LogP contribution in [-0.2, 0) is 4.74 Å². The molecule has 0 radical (unpaired) electrons. The molecule has 0 aromatic heterocycles. The van der Waals surface area contributed by atoms with Gasteiger partial charge in [0.25, 0.3) is 0 Å². The van der Waals surface area contributed by atoms with Crippen molar-refractivity contribution < 1.29 is 9.84 Å². The number of hydrogen-bond donors (Lipinski definition) is 2. The van der Waals surface area contributed by atoms with Gasteiger partial charge in [0.15, 0.2) is 0 Å². The highest BCUT2D eigenvalue weighted by Gasteiger charge is 2.39. The van der Waals surface area contributed by atoms with Crippen molar-refractivity contribution in [1.29, 1.82) is 0 Å². The maximum absolute atomic E-state index is 9.95. The van der Waals surface area contributed by atoms with Crippen LogP contribution in [0.3, 0.4) is 0 Å². The van der Waals surface area contributed by atoms with Gasteiger partial charge in [0.05, 0.1) is 6.10 Å². The van der Waals surface area contributed by atoms with Gasteiger partial charge in [-0.3, -0.25) is 4.90 Å². The molecule has 2 atom stereocenters. The third-order valence-corrected chi connectivity index (χ3v) is 4.61. The number of nitrogens with zero attached hydrogens (tertiary/aromatic N) is 2. The van der Waals surface area contributed by atoms with Gasteiger partial charge in [0.1, 0.15) is 0 Å². The largest absolute Gasteiger partial charge is 0.392 e. The SMILES string of the molecule is CN(C)CC1CC(O)CN1CC1(CN)CCOCC1. The lowest BCUT2D eigenvalue weighted by Gasteiger charge is -2.41. The molecule has 0 aromatic carbocycles. The average Bonchev–Trinajstić information content (AvgIpc) is 2.69. The lowest BCUT2D eigenvalue weighted by atomic mass is 9.79. The zero-order valence-corrected chi connectivity index (χ0v) is 12.3. The van der Waals surface area contributed by atoms with Crippen LogP contribution >= 0.6 is 0 Å². The Morgan fingerprint density at radius 2 is 2.05 bits per heavy atom. The number of likely N-dealkylation sites (tertiary alicyclic amines) is 1. The highest BCUT2D eigenvalue weighted by molar-refractivity contribution is 4.93. The Bertz CT molecular complexity index is 280. The van der Waals surface area contributed by atoms with Crippen LogP contribution in [0, 0.1) is 5.41 Å². The van der Waals surface area contributed by atoms with Crippen molar-refractivity contribution >= 4 is 0 Å². The first-order valence-corrected chi connectivity index (χ1v) is 7.39. The first kappa shape index (κ1) is 15.2. The Kier molecular flexibility index (Phi) is 5.20. The predicted molar refractivity (Wildman–Crippen MR) is 76.1 cm³/mol. The molecule has 0 aliphatic carbocycles. The molecule has 5 heteroatoms. The molecule has 3 N–H and O–H groups in total.